The minimum atomic E-state index is -0.747. The minimum absolute atomic E-state index is 0.120. The first-order valence-electron chi connectivity index (χ1n) is 11.7. The molecule has 2 aliphatic heterocycles. The minimum Gasteiger partial charge on any atom is -0.492 e. The van der Waals surface area contributed by atoms with E-state index in [9.17, 15) is 19.2 Å². The molecule has 8 heteroatoms. The van der Waals surface area contributed by atoms with E-state index in [0.717, 1.165) is 5.56 Å². The van der Waals surface area contributed by atoms with Crippen LogP contribution in [-0.4, -0.2) is 36.8 Å². The van der Waals surface area contributed by atoms with Crippen LogP contribution >= 0.6 is 0 Å². The summed E-state index contributed by atoms with van der Waals surface area (Å²) in [6, 6.07) is 14.5. The number of amides is 4. The molecule has 0 radical (unpaired) electrons. The third-order valence-electron chi connectivity index (χ3n) is 6.73. The fourth-order valence-corrected chi connectivity index (χ4v) is 4.76. The zero-order valence-corrected chi connectivity index (χ0v) is 19.4. The van der Waals surface area contributed by atoms with Gasteiger partial charge in [-0.05, 0) is 49.6 Å². The van der Waals surface area contributed by atoms with Crippen molar-refractivity contribution in [2.75, 3.05) is 23.4 Å². The van der Waals surface area contributed by atoms with Crippen LogP contribution < -0.4 is 20.3 Å². The monoisotopic (exact) mass is 463 g/mol. The number of carbonyl (C=O) groups excluding carboxylic acids is 4. The maximum atomic E-state index is 12.9. The normalized spacial score (nSPS) is 22.5. The number of hydrogen-bond donors (Lipinski definition) is 2. The summed E-state index contributed by atoms with van der Waals surface area (Å²) >= 11 is 0. The second kappa shape index (κ2) is 9.67. The number of hydrogen-bond acceptors (Lipinski definition) is 5. The van der Waals surface area contributed by atoms with Crippen LogP contribution in [0, 0.1) is 5.92 Å². The quantitative estimate of drug-likeness (QED) is 0.614. The summed E-state index contributed by atoms with van der Waals surface area (Å²) in [5.74, 6) is -0.747. The Bertz CT molecular complexity index is 1110. The van der Waals surface area contributed by atoms with E-state index in [2.05, 4.69) is 10.6 Å². The molecule has 2 unspecified atom stereocenters. The van der Waals surface area contributed by atoms with Gasteiger partial charge in [-0.25, -0.2) is 0 Å². The Kier molecular flexibility index (Phi) is 6.68. The number of imide groups is 1. The van der Waals surface area contributed by atoms with Gasteiger partial charge in [0.15, 0.2) is 0 Å². The van der Waals surface area contributed by atoms with Gasteiger partial charge in [0.05, 0.1) is 23.6 Å². The fourth-order valence-electron chi connectivity index (χ4n) is 4.76. The van der Waals surface area contributed by atoms with E-state index in [4.69, 9.17) is 4.74 Å². The van der Waals surface area contributed by atoms with Crippen molar-refractivity contribution in [3.8, 4) is 5.75 Å². The first-order valence-corrected chi connectivity index (χ1v) is 11.7. The Morgan fingerprint density at radius 3 is 2.53 bits per heavy atom. The van der Waals surface area contributed by atoms with Gasteiger partial charge in [-0.15, -0.1) is 0 Å². The largest absolute Gasteiger partial charge is 0.492 e. The van der Waals surface area contributed by atoms with E-state index in [1.807, 2.05) is 50.2 Å². The van der Waals surface area contributed by atoms with E-state index in [-0.39, 0.29) is 36.6 Å². The lowest BCUT2D eigenvalue weighted by Gasteiger charge is -2.35. The predicted molar refractivity (Wildman–Crippen MR) is 127 cm³/mol. The van der Waals surface area contributed by atoms with Crippen molar-refractivity contribution >= 4 is 35.0 Å². The number of anilines is 2. The van der Waals surface area contributed by atoms with Crippen LogP contribution in [0.3, 0.4) is 0 Å². The number of nitrogens with one attached hydrogen (secondary N) is 2. The van der Waals surface area contributed by atoms with E-state index in [1.54, 1.807) is 17.0 Å². The average molecular weight is 464 g/mol. The van der Waals surface area contributed by atoms with Gasteiger partial charge >= 0.3 is 0 Å². The lowest BCUT2D eigenvalue weighted by molar-refractivity contribution is -0.138. The van der Waals surface area contributed by atoms with E-state index in [1.165, 1.54) is 0 Å². The number of benzene rings is 2. The molecule has 2 N–H and O–H groups in total. The van der Waals surface area contributed by atoms with Crippen LogP contribution in [0.2, 0.25) is 0 Å². The molecule has 2 atom stereocenters. The Labute approximate surface area is 198 Å². The van der Waals surface area contributed by atoms with Crippen LogP contribution in [0.5, 0.6) is 5.75 Å². The molecule has 0 aliphatic carbocycles. The third-order valence-corrected chi connectivity index (χ3v) is 6.73. The smallest absolute Gasteiger partial charge is 0.237 e. The Morgan fingerprint density at radius 2 is 1.85 bits per heavy atom. The summed E-state index contributed by atoms with van der Waals surface area (Å²) < 4.78 is 5.64. The third kappa shape index (κ3) is 4.40. The van der Waals surface area contributed by atoms with Gasteiger partial charge in [-0.1, -0.05) is 31.2 Å². The van der Waals surface area contributed by atoms with E-state index < -0.39 is 11.3 Å². The summed E-state index contributed by atoms with van der Waals surface area (Å²) in [6.45, 7) is 4.57. The molecule has 2 fully saturated rings. The molecule has 178 valence electrons. The van der Waals surface area contributed by atoms with Gasteiger partial charge in [0.2, 0.25) is 23.6 Å². The zero-order chi connectivity index (χ0) is 24.3. The Hall–Kier alpha value is -3.68. The van der Waals surface area contributed by atoms with Crippen molar-refractivity contribution in [3.05, 3.63) is 54.1 Å². The van der Waals surface area contributed by atoms with Crippen LogP contribution in [0.25, 0.3) is 0 Å². The molecule has 0 saturated carbocycles. The van der Waals surface area contributed by atoms with Gasteiger partial charge in [-0.3, -0.25) is 24.5 Å². The average Bonchev–Trinajstić information content (AvgIpc) is 3.22. The van der Waals surface area contributed by atoms with Gasteiger partial charge in [0.25, 0.3) is 0 Å². The zero-order valence-electron chi connectivity index (χ0n) is 19.4. The van der Waals surface area contributed by atoms with E-state index >= 15 is 0 Å². The number of para-hydroxylation sites is 2. The number of carbonyl (C=O) groups is 4. The summed E-state index contributed by atoms with van der Waals surface area (Å²) in [6.07, 6.45) is 1.46. The number of piperidine rings is 1. The first kappa shape index (κ1) is 23.5. The summed E-state index contributed by atoms with van der Waals surface area (Å²) in [5.41, 5.74) is 1.33. The number of nitrogens with zero attached hydrogens (tertiary/aromatic N) is 1. The molecule has 0 bridgehead atoms. The second-order valence-corrected chi connectivity index (χ2v) is 8.69. The number of rotatable bonds is 7. The molecule has 2 heterocycles. The standard InChI is InChI=1S/C26H29N3O5/c1-3-26(14-13-22(30)28-25(26)33)18-9-11-19(12-10-18)27-24(32)17-15-23(31)29(16-17)20-7-5-6-8-21(20)34-4-2/h5-12,17H,3-4,13-16H2,1-2H3,(H,27,32)(H,28,30,33). The van der Waals surface area contributed by atoms with E-state index in [0.29, 0.717) is 43.0 Å². The molecular weight excluding hydrogens is 434 g/mol. The molecule has 4 amide bonds. The molecule has 34 heavy (non-hydrogen) atoms. The Balaban J connectivity index is 1.44. The summed E-state index contributed by atoms with van der Waals surface area (Å²) in [4.78, 5) is 51.4. The van der Waals surface area contributed by atoms with Gasteiger partial charge in [-0.2, -0.15) is 0 Å². The van der Waals surface area contributed by atoms with Crippen molar-refractivity contribution < 1.29 is 23.9 Å². The molecule has 0 aromatic heterocycles. The molecule has 2 saturated heterocycles. The lowest BCUT2D eigenvalue weighted by atomic mass is 9.72. The first-order chi connectivity index (χ1) is 16.4. The van der Waals surface area contributed by atoms with Crippen LogP contribution in [-0.2, 0) is 24.6 Å². The maximum absolute atomic E-state index is 12.9. The summed E-state index contributed by atoms with van der Waals surface area (Å²) in [7, 11) is 0. The highest BCUT2D eigenvalue weighted by Crippen LogP contribution is 2.37. The molecule has 2 aromatic carbocycles. The van der Waals surface area contributed by atoms with Crippen molar-refractivity contribution in [1.29, 1.82) is 0 Å². The van der Waals surface area contributed by atoms with Crippen molar-refractivity contribution in [2.24, 2.45) is 5.92 Å². The topological polar surface area (TPSA) is 105 Å². The van der Waals surface area contributed by atoms with Crippen LogP contribution in [0.4, 0.5) is 11.4 Å². The molecule has 2 aliphatic rings. The highest BCUT2D eigenvalue weighted by molar-refractivity contribution is 6.05. The van der Waals surface area contributed by atoms with Crippen LogP contribution in [0.15, 0.2) is 48.5 Å². The van der Waals surface area contributed by atoms with Gasteiger partial charge in [0.1, 0.15) is 5.75 Å². The molecule has 4 rings (SSSR count). The highest BCUT2D eigenvalue weighted by Gasteiger charge is 2.42. The van der Waals surface area contributed by atoms with Crippen molar-refractivity contribution in [2.45, 2.75) is 44.9 Å². The maximum Gasteiger partial charge on any atom is 0.237 e. The molecule has 8 nitrogen and oxygen atoms in total. The summed E-state index contributed by atoms with van der Waals surface area (Å²) in [5, 5.41) is 5.34. The Morgan fingerprint density at radius 1 is 1.12 bits per heavy atom. The molecular formula is C26H29N3O5. The SMILES string of the molecule is CCOc1ccccc1N1CC(C(=O)Nc2ccc(C3(CC)CCC(=O)NC3=O)cc2)CC1=O. The lowest BCUT2D eigenvalue weighted by Crippen LogP contribution is -2.51. The van der Waals surface area contributed by atoms with Crippen molar-refractivity contribution in [3.63, 3.8) is 0 Å². The number of ether oxygens (including phenoxy) is 1. The predicted octanol–water partition coefficient (Wildman–Crippen LogP) is 3.16. The van der Waals surface area contributed by atoms with Crippen LogP contribution in [0.1, 0.15) is 45.1 Å². The van der Waals surface area contributed by atoms with Gasteiger partial charge < -0.3 is 15.0 Å². The molecule has 0 spiro atoms. The molecule has 2 aromatic rings. The second-order valence-electron chi connectivity index (χ2n) is 8.69. The van der Waals surface area contributed by atoms with Gasteiger partial charge in [0, 0.05) is 25.1 Å². The van der Waals surface area contributed by atoms with Crippen molar-refractivity contribution in [1.82, 2.24) is 5.32 Å². The fraction of sp³-hybridized carbons (Fsp3) is 0.385. The highest BCUT2D eigenvalue weighted by atomic mass is 16.5.